The second kappa shape index (κ2) is 9.20. The summed E-state index contributed by atoms with van der Waals surface area (Å²) in [7, 11) is 0. The smallest absolute Gasteiger partial charge is 0.191 e. The summed E-state index contributed by atoms with van der Waals surface area (Å²) >= 11 is 5.80. The number of aliphatic imine (C=N–C) groups is 1. The van der Waals surface area contributed by atoms with Crippen molar-refractivity contribution in [2.75, 3.05) is 32.9 Å². The van der Waals surface area contributed by atoms with Crippen LogP contribution in [0.4, 0.5) is 4.39 Å². The van der Waals surface area contributed by atoms with E-state index in [-0.39, 0.29) is 17.0 Å². The molecular formula is C17H25ClFN3O2. The van der Waals surface area contributed by atoms with Crippen molar-refractivity contribution in [1.82, 2.24) is 10.6 Å². The summed E-state index contributed by atoms with van der Waals surface area (Å²) in [5, 5.41) is 15.9. The quantitative estimate of drug-likeness (QED) is 0.517. The molecule has 24 heavy (non-hydrogen) atoms. The maximum Gasteiger partial charge on any atom is 0.191 e. The van der Waals surface area contributed by atoms with E-state index in [0.29, 0.717) is 32.1 Å². The number of guanidine groups is 1. The molecule has 0 spiro atoms. The topological polar surface area (TPSA) is 65.9 Å². The molecule has 1 aromatic rings. The van der Waals surface area contributed by atoms with Crippen LogP contribution in [0.5, 0.6) is 0 Å². The summed E-state index contributed by atoms with van der Waals surface area (Å²) in [5.41, 5.74) is 0.789. The van der Waals surface area contributed by atoms with Gasteiger partial charge in [0.15, 0.2) is 5.96 Å². The number of benzene rings is 1. The van der Waals surface area contributed by atoms with Gasteiger partial charge in [-0.3, -0.25) is 0 Å². The zero-order chi connectivity index (χ0) is 17.4. The fourth-order valence-corrected chi connectivity index (χ4v) is 2.94. The highest BCUT2D eigenvalue weighted by molar-refractivity contribution is 6.30. The minimum atomic E-state index is -0.429. The molecule has 2 rings (SSSR count). The SMILES string of the molecule is CCNC(=NCc1ccc(F)c(Cl)c1)NCC1(CCO)CCOC1. The first-order valence-electron chi connectivity index (χ1n) is 8.23. The summed E-state index contributed by atoms with van der Waals surface area (Å²) in [6.07, 6.45) is 1.63. The van der Waals surface area contributed by atoms with Gasteiger partial charge in [0.05, 0.1) is 18.2 Å². The van der Waals surface area contributed by atoms with Crippen molar-refractivity contribution in [3.63, 3.8) is 0 Å². The van der Waals surface area contributed by atoms with Crippen molar-refractivity contribution in [1.29, 1.82) is 0 Å². The van der Waals surface area contributed by atoms with E-state index in [1.807, 2.05) is 6.92 Å². The summed E-state index contributed by atoms with van der Waals surface area (Å²) in [6.45, 7) is 5.33. The molecule has 1 aliphatic heterocycles. The van der Waals surface area contributed by atoms with Gasteiger partial charge in [0, 0.05) is 31.7 Å². The first-order valence-corrected chi connectivity index (χ1v) is 8.61. The molecule has 0 aromatic heterocycles. The van der Waals surface area contributed by atoms with Crippen LogP contribution in [-0.4, -0.2) is 44.0 Å². The van der Waals surface area contributed by atoms with Gasteiger partial charge < -0.3 is 20.5 Å². The molecule has 3 N–H and O–H groups in total. The lowest BCUT2D eigenvalue weighted by Crippen LogP contribution is -2.44. The van der Waals surface area contributed by atoms with Crippen molar-refractivity contribution < 1.29 is 14.2 Å². The molecule has 1 atom stereocenters. The number of hydrogen-bond acceptors (Lipinski definition) is 3. The third kappa shape index (κ3) is 5.33. The maximum absolute atomic E-state index is 13.2. The van der Waals surface area contributed by atoms with Gasteiger partial charge in [0.1, 0.15) is 5.82 Å². The van der Waals surface area contributed by atoms with Crippen LogP contribution in [0.15, 0.2) is 23.2 Å². The Labute approximate surface area is 147 Å². The summed E-state index contributed by atoms with van der Waals surface area (Å²) in [4.78, 5) is 4.52. The standard InChI is InChI=1S/C17H25ClFN3O2/c1-2-20-16(21-10-13-3-4-15(19)14(18)9-13)22-11-17(5-7-23)6-8-24-12-17/h3-4,9,23H,2,5-8,10-12H2,1H3,(H2,20,21,22). The van der Waals surface area contributed by atoms with Crippen molar-refractivity contribution in [3.05, 3.63) is 34.6 Å². The molecule has 1 fully saturated rings. The van der Waals surface area contributed by atoms with Gasteiger partial charge in [-0.15, -0.1) is 0 Å². The minimum absolute atomic E-state index is 0.0515. The predicted molar refractivity (Wildman–Crippen MR) is 93.8 cm³/mol. The molecular weight excluding hydrogens is 333 g/mol. The van der Waals surface area contributed by atoms with E-state index in [1.165, 1.54) is 6.07 Å². The minimum Gasteiger partial charge on any atom is -0.396 e. The van der Waals surface area contributed by atoms with Crippen LogP contribution in [-0.2, 0) is 11.3 Å². The van der Waals surface area contributed by atoms with Crippen LogP contribution < -0.4 is 10.6 Å². The molecule has 0 aliphatic carbocycles. The number of aliphatic hydroxyl groups excluding tert-OH is 1. The van der Waals surface area contributed by atoms with Crippen LogP contribution in [0, 0.1) is 11.2 Å². The number of halogens is 2. The van der Waals surface area contributed by atoms with E-state index < -0.39 is 5.82 Å². The molecule has 0 bridgehead atoms. The van der Waals surface area contributed by atoms with Crippen LogP contribution in [0.25, 0.3) is 0 Å². The van der Waals surface area contributed by atoms with Gasteiger partial charge in [-0.2, -0.15) is 0 Å². The van der Waals surface area contributed by atoms with E-state index in [2.05, 4.69) is 15.6 Å². The molecule has 0 saturated carbocycles. The van der Waals surface area contributed by atoms with Crippen molar-refractivity contribution in [2.24, 2.45) is 10.4 Å². The summed E-state index contributed by atoms with van der Waals surface area (Å²) in [6, 6.07) is 4.61. The highest BCUT2D eigenvalue weighted by Gasteiger charge is 2.34. The van der Waals surface area contributed by atoms with Gasteiger partial charge in [0.25, 0.3) is 0 Å². The molecule has 1 saturated heterocycles. The second-order valence-electron chi connectivity index (χ2n) is 6.07. The van der Waals surface area contributed by atoms with E-state index in [4.69, 9.17) is 16.3 Å². The van der Waals surface area contributed by atoms with E-state index in [9.17, 15) is 9.50 Å². The lowest BCUT2D eigenvalue weighted by Gasteiger charge is -2.27. The maximum atomic E-state index is 13.2. The molecule has 134 valence electrons. The molecule has 1 aliphatic rings. The number of nitrogens with zero attached hydrogens (tertiary/aromatic N) is 1. The average molecular weight is 358 g/mol. The highest BCUT2D eigenvalue weighted by Crippen LogP contribution is 2.31. The Morgan fingerprint density at radius 3 is 2.92 bits per heavy atom. The van der Waals surface area contributed by atoms with E-state index in [0.717, 1.165) is 25.1 Å². The number of aliphatic hydroxyl groups is 1. The molecule has 0 radical (unpaired) electrons. The fourth-order valence-electron chi connectivity index (χ4n) is 2.73. The predicted octanol–water partition coefficient (Wildman–Crippen LogP) is 2.32. The molecule has 5 nitrogen and oxygen atoms in total. The van der Waals surface area contributed by atoms with Gasteiger partial charge in [-0.25, -0.2) is 9.38 Å². The van der Waals surface area contributed by atoms with Crippen molar-refractivity contribution in [3.8, 4) is 0 Å². The van der Waals surface area contributed by atoms with Gasteiger partial charge in [0.2, 0.25) is 0 Å². The zero-order valence-corrected chi connectivity index (χ0v) is 14.7. The van der Waals surface area contributed by atoms with Gasteiger partial charge >= 0.3 is 0 Å². The third-order valence-corrected chi connectivity index (χ3v) is 4.50. The Balaban J connectivity index is 1.98. The lowest BCUT2D eigenvalue weighted by molar-refractivity contribution is 0.127. The molecule has 1 aromatic carbocycles. The van der Waals surface area contributed by atoms with E-state index >= 15 is 0 Å². The largest absolute Gasteiger partial charge is 0.396 e. The normalized spacial score (nSPS) is 21.1. The Bertz CT molecular complexity index is 563. The zero-order valence-electron chi connectivity index (χ0n) is 13.9. The average Bonchev–Trinajstić information content (AvgIpc) is 3.02. The van der Waals surface area contributed by atoms with Gasteiger partial charge in [-0.05, 0) is 37.5 Å². The summed E-state index contributed by atoms with van der Waals surface area (Å²) in [5.74, 6) is 0.253. The third-order valence-electron chi connectivity index (χ3n) is 4.21. The first kappa shape index (κ1) is 19.0. The highest BCUT2D eigenvalue weighted by atomic mass is 35.5. The van der Waals surface area contributed by atoms with Crippen LogP contribution in [0.2, 0.25) is 5.02 Å². The fraction of sp³-hybridized carbons (Fsp3) is 0.588. The summed E-state index contributed by atoms with van der Waals surface area (Å²) < 4.78 is 18.7. The Morgan fingerprint density at radius 1 is 1.46 bits per heavy atom. The van der Waals surface area contributed by atoms with Crippen LogP contribution in [0.3, 0.4) is 0 Å². The van der Waals surface area contributed by atoms with Crippen LogP contribution in [0.1, 0.15) is 25.3 Å². The van der Waals surface area contributed by atoms with E-state index in [1.54, 1.807) is 12.1 Å². The monoisotopic (exact) mass is 357 g/mol. The molecule has 1 heterocycles. The Kier molecular flexibility index (Phi) is 7.27. The number of hydrogen-bond donors (Lipinski definition) is 3. The Morgan fingerprint density at radius 2 is 2.29 bits per heavy atom. The Hall–Kier alpha value is -1.37. The van der Waals surface area contributed by atoms with Crippen molar-refractivity contribution in [2.45, 2.75) is 26.3 Å². The lowest BCUT2D eigenvalue weighted by atomic mass is 9.84. The molecule has 0 amide bonds. The number of ether oxygens (including phenoxy) is 1. The molecule has 7 heteroatoms. The number of nitrogens with one attached hydrogen (secondary N) is 2. The second-order valence-corrected chi connectivity index (χ2v) is 6.48. The number of rotatable bonds is 7. The van der Waals surface area contributed by atoms with Crippen molar-refractivity contribution >= 4 is 17.6 Å². The molecule has 1 unspecified atom stereocenters. The first-order chi connectivity index (χ1) is 11.6. The van der Waals surface area contributed by atoms with Gasteiger partial charge in [-0.1, -0.05) is 17.7 Å². The van der Waals surface area contributed by atoms with Crippen LogP contribution >= 0.6 is 11.6 Å².